The zero-order valence-corrected chi connectivity index (χ0v) is 13.0. The highest BCUT2D eigenvalue weighted by atomic mass is 32.2. The summed E-state index contributed by atoms with van der Waals surface area (Å²) in [5.74, 6) is -0.0120. The molecule has 1 fully saturated rings. The van der Waals surface area contributed by atoms with Gasteiger partial charge in [0.05, 0.1) is 11.5 Å². The van der Waals surface area contributed by atoms with E-state index >= 15 is 0 Å². The molecule has 1 N–H and O–H groups in total. The number of anilines is 1. The van der Waals surface area contributed by atoms with Crippen molar-refractivity contribution in [3.05, 3.63) is 28.8 Å². The van der Waals surface area contributed by atoms with Crippen molar-refractivity contribution in [2.75, 3.05) is 16.8 Å². The number of benzene rings is 1. The Morgan fingerprint density at radius 2 is 1.60 bits per heavy atom. The Bertz CT molecular complexity index is 598. The van der Waals surface area contributed by atoms with Crippen molar-refractivity contribution in [2.24, 2.45) is 5.92 Å². The lowest BCUT2D eigenvalue weighted by molar-refractivity contribution is -0.120. The predicted octanol–water partition coefficient (Wildman–Crippen LogP) is 2.38. The van der Waals surface area contributed by atoms with Crippen LogP contribution in [0.15, 0.2) is 12.1 Å². The zero-order valence-electron chi connectivity index (χ0n) is 12.2. The largest absolute Gasteiger partial charge is 0.325 e. The maximum absolute atomic E-state index is 12.3. The van der Waals surface area contributed by atoms with Crippen LogP contribution in [0.2, 0.25) is 0 Å². The van der Waals surface area contributed by atoms with E-state index in [-0.39, 0.29) is 23.3 Å². The molecule has 0 aromatic heterocycles. The normalized spacial score (nSPS) is 18.8. The zero-order chi connectivity index (χ0) is 14.9. The highest BCUT2D eigenvalue weighted by Gasteiger charge is 2.28. The Morgan fingerprint density at radius 3 is 2.10 bits per heavy atom. The van der Waals surface area contributed by atoms with Gasteiger partial charge in [-0.3, -0.25) is 4.79 Å². The lowest BCUT2D eigenvalue weighted by Gasteiger charge is -2.22. The van der Waals surface area contributed by atoms with E-state index in [9.17, 15) is 13.2 Å². The summed E-state index contributed by atoms with van der Waals surface area (Å²) in [4.78, 5) is 12.3. The van der Waals surface area contributed by atoms with Gasteiger partial charge < -0.3 is 5.32 Å². The maximum atomic E-state index is 12.3. The van der Waals surface area contributed by atoms with Crippen LogP contribution in [0.1, 0.15) is 29.5 Å². The molecule has 2 rings (SSSR count). The van der Waals surface area contributed by atoms with Gasteiger partial charge in [-0.05, 0) is 44.7 Å². The topological polar surface area (TPSA) is 63.2 Å². The summed E-state index contributed by atoms with van der Waals surface area (Å²) in [5, 5.41) is 2.97. The molecule has 0 atom stereocenters. The van der Waals surface area contributed by atoms with Gasteiger partial charge >= 0.3 is 0 Å². The third-order valence-electron chi connectivity index (χ3n) is 3.85. The van der Waals surface area contributed by atoms with E-state index in [4.69, 9.17) is 0 Å². The predicted molar refractivity (Wildman–Crippen MR) is 80.7 cm³/mol. The summed E-state index contributed by atoms with van der Waals surface area (Å²) in [6.45, 7) is 5.97. The van der Waals surface area contributed by atoms with Gasteiger partial charge in [0.2, 0.25) is 5.91 Å². The molecule has 0 saturated carbocycles. The molecule has 5 heteroatoms. The molecule has 1 saturated heterocycles. The van der Waals surface area contributed by atoms with Crippen LogP contribution in [0, 0.1) is 26.7 Å². The second-order valence-corrected chi connectivity index (χ2v) is 7.99. The summed E-state index contributed by atoms with van der Waals surface area (Å²) in [6.07, 6.45) is 0.857. The second-order valence-electron chi connectivity index (χ2n) is 5.69. The fourth-order valence-electron chi connectivity index (χ4n) is 2.75. The number of amides is 1. The minimum absolute atomic E-state index is 0.0602. The lowest BCUT2D eigenvalue weighted by Crippen LogP contribution is -2.32. The number of rotatable bonds is 2. The molecule has 1 aromatic carbocycles. The quantitative estimate of drug-likeness (QED) is 0.911. The Hall–Kier alpha value is -1.36. The van der Waals surface area contributed by atoms with Crippen LogP contribution in [-0.4, -0.2) is 25.8 Å². The van der Waals surface area contributed by atoms with E-state index in [2.05, 4.69) is 5.32 Å². The molecule has 1 aliphatic heterocycles. The fourth-order valence-corrected chi connectivity index (χ4v) is 4.25. The van der Waals surface area contributed by atoms with Crippen molar-refractivity contribution < 1.29 is 13.2 Å². The van der Waals surface area contributed by atoms with Crippen molar-refractivity contribution in [1.29, 1.82) is 0 Å². The highest BCUT2D eigenvalue weighted by Crippen LogP contribution is 2.25. The molecule has 1 heterocycles. The van der Waals surface area contributed by atoms with E-state index in [1.807, 2.05) is 32.9 Å². The molecule has 1 aliphatic rings. The maximum Gasteiger partial charge on any atom is 0.227 e. The molecule has 1 aromatic rings. The standard InChI is InChI=1S/C15H21NO3S/c1-10-8-11(2)14(12(3)9-10)16-15(17)13-4-6-20(18,19)7-5-13/h8-9,13H,4-7H2,1-3H3,(H,16,17). The van der Waals surface area contributed by atoms with Gasteiger partial charge in [0.25, 0.3) is 0 Å². The number of aryl methyl sites for hydroxylation is 3. The average Bonchev–Trinajstić information content (AvgIpc) is 2.33. The minimum Gasteiger partial charge on any atom is -0.325 e. The number of hydrogen-bond donors (Lipinski definition) is 1. The first kappa shape index (κ1) is 15.0. The van der Waals surface area contributed by atoms with Gasteiger partial charge in [-0.1, -0.05) is 17.7 Å². The summed E-state index contributed by atoms with van der Waals surface area (Å²) >= 11 is 0. The van der Waals surface area contributed by atoms with Crippen molar-refractivity contribution in [3.63, 3.8) is 0 Å². The molecule has 1 amide bonds. The fraction of sp³-hybridized carbons (Fsp3) is 0.533. The van der Waals surface area contributed by atoms with Gasteiger partial charge in [-0.15, -0.1) is 0 Å². The first-order valence-corrected chi connectivity index (χ1v) is 8.70. The molecule has 4 nitrogen and oxygen atoms in total. The van der Waals surface area contributed by atoms with Gasteiger partial charge in [-0.25, -0.2) is 8.42 Å². The monoisotopic (exact) mass is 295 g/mol. The van der Waals surface area contributed by atoms with Crippen LogP contribution in [0.4, 0.5) is 5.69 Å². The molecule has 0 spiro atoms. The third-order valence-corrected chi connectivity index (χ3v) is 5.57. The Morgan fingerprint density at radius 1 is 1.10 bits per heavy atom. The van der Waals surface area contributed by atoms with Gasteiger partial charge in [0, 0.05) is 11.6 Å². The van der Waals surface area contributed by atoms with E-state index < -0.39 is 9.84 Å². The number of carbonyl (C=O) groups is 1. The molecule has 20 heavy (non-hydrogen) atoms. The second kappa shape index (κ2) is 5.56. The van der Waals surface area contributed by atoms with Gasteiger partial charge in [0.1, 0.15) is 9.84 Å². The van der Waals surface area contributed by atoms with E-state index in [1.54, 1.807) is 0 Å². The van der Waals surface area contributed by atoms with Crippen LogP contribution in [-0.2, 0) is 14.6 Å². The molecule has 110 valence electrons. The minimum atomic E-state index is -2.92. The molecular formula is C15H21NO3S. The first-order valence-electron chi connectivity index (χ1n) is 6.87. The van der Waals surface area contributed by atoms with Crippen molar-refractivity contribution >= 4 is 21.4 Å². The molecule has 0 bridgehead atoms. The molecule has 0 unspecified atom stereocenters. The Labute approximate surface area is 120 Å². The van der Waals surface area contributed by atoms with Crippen LogP contribution in [0.25, 0.3) is 0 Å². The number of hydrogen-bond acceptors (Lipinski definition) is 3. The highest BCUT2D eigenvalue weighted by molar-refractivity contribution is 7.91. The van der Waals surface area contributed by atoms with Crippen molar-refractivity contribution in [3.8, 4) is 0 Å². The summed E-state index contributed by atoms with van der Waals surface area (Å²) in [6, 6.07) is 4.07. The van der Waals surface area contributed by atoms with Crippen LogP contribution in [0.3, 0.4) is 0 Å². The Kier molecular flexibility index (Phi) is 4.18. The number of nitrogens with one attached hydrogen (secondary N) is 1. The first-order chi connectivity index (χ1) is 9.28. The molecular weight excluding hydrogens is 274 g/mol. The molecule has 0 aliphatic carbocycles. The van der Waals surface area contributed by atoms with Crippen molar-refractivity contribution in [2.45, 2.75) is 33.6 Å². The van der Waals surface area contributed by atoms with E-state index in [0.717, 1.165) is 16.8 Å². The number of carbonyl (C=O) groups excluding carboxylic acids is 1. The van der Waals surface area contributed by atoms with Crippen molar-refractivity contribution in [1.82, 2.24) is 0 Å². The van der Waals surface area contributed by atoms with Gasteiger partial charge in [-0.2, -0.15) is 0 Å². The van der Waals surface area contributed by atoms with Crippen LogP contribution in [0.5, 0.6) is 0 Å². The van der Waals surface area contributed by atoms with Gasteiger partial charge in [0.15, 0.2) is 0 Å². The summed E-state index contributed by atoms with van der Waals surface area (Å²) < 4.78 is 22.8. The lowest BCUT2D eigenvalue weighted by atomic mass is 10.00. The summed E-state index contributed by atoms with van der Waals surface area (Å²) in [5.41, 5.74) is 4.11. The van der Waals surface area contributed by atoms with E-state index in [0.29, 0.717) is 12.8 Å². The smallest absolute Gasteiger partial charge is 0.227 e. The SMILES string of the molecule is Cc1cc(C)c(NC(=O)C2CCS(=O)(=O)CC2)c(C)c1. The van der Waals surface area contributed by atoms with Crippen LogP contribution >= 0.6 is 0 Å². The average molecular weight is 295 g/mol. The van der Waals surface area contributed by atoms with E-state index in [1.165, 1.54) is 5.56 Å². The summed E-state index contributed by atoms with van der Waals surface area (Å²) in [7, 11) is -2.92. The third kappa shape index (κ3) is 3.39. The Balaban J connectivity index is 2.09. The van der Waals surface area contributed by atoms with Crippen LogP contribution < -0.4 is 5.32 Å². The molecule has 0 radical (unpaired) electrons. The number of sulfone groups is 1.